The monoisotopic (exact) mass is 325 g/mol. The number of furan rings is 1. The molecule has 1 aromatic carbocycles. The van der Waals surface area contributed by atoms with Gasteiger partial charge in [0, 0.05) is 6.42 Å². The summed E-state index contributed by atoms with van der Waals surface area (Å²) in [4.78, 5) is 17.6. The van der Waals surface area contributed by atoms with E-state index in [1.165, 1.54) is 18.2 Å². The van der Waals surface area contributed by atoms with Crippen molar-refractivity contribution in [1.82, 2.24) is 4.89 Å². The van der Waals surface area contributed by atoms with Crippen molar-refractivity contribution in [2.75, 3.05) is 6.61 Å². The van der Waals surface area contributed by atoms with Crippen LogP contribution in [0.25, 0.3) is 0 Å². The summed E-state index contributed by atoms with van der Waals surface area (Å²) in [5.41, 5.74) is -0.110. The molecule has 118 valence electrons. The number of hydrogen-bond acceptors (Lipinski definition) is 5. The molecule has 0 amide bonds. The summed E-state index contributed by atoms with van der Waals surface area (Å²) >= 11 is 0. The third-order valence-electron chi connectivity index (χ3n) is 2.81. The van der Waals surface area contributed by atoms with Gasteiger partial charge in [-0.15, -0.1) is 0 Å². The van der Waals surface area contributed by atoms with Gasteiger partial charge < -0.3 is 9.52 Å². The molecule has 1 heterocycles. The Balaban J connectivity index is 1.85. The second kappa shape index (κ2) is 7.21. The third kappa shape index (κ3) is 4.42. The predicted molar refractivity (Wildman–Crippen MR) is 76.7 cm³/mol. The number of nitrogens with one attached hydrogen (secondary N) is 1. The number of sulfonamides is 1. The molecule has 2 aromatic rings. The molecule has 0 aliphatic heterocycles. The fourth-order valence-electron chi connectivity index (χ4n) is 1.74. The highest BCUT2D eigenvalue weighted by Crippen LogP contribution is 2.11. The minimum absolute atomic E-state index is 0.110. The van der Waals surface area contributed by atoms with E-state index in [1.54, 1.807) is 12.3 Å². The summed E-state index contributed by atoms with van der Waals surface area (Å²) in [6.07, 6.45) is 2.77. The van der Waals surface area contributed by atoms with Gasteiger partial charge in [0.25, 0.3) is 10.0 Å². The zero-order valence-electron chi connectivity index (χ0n) is 11.6. The van der Waals surface area contributed by atoms with E-state index in [2.05, 4.69) is 0 Å². The number of aryl methyl sites for hydroxylation is 1. The summed E-state index contributed by atoms with van der Waals surface area (Å²) in [6, 6.07) is 8.62. The number of hydrogen-bond donors (Lipinski definition) is 2. The molecule has 0 aliphatic carbocycles. The van der Waals surface area contributed by atoms with Gasteiger partial charge in [-0.2, -0.15) is 0 Å². The molecule has 0 unspecified atom stereocenters. The Bertz CT molecular complexity index is 724. The van der Waals surface area contributed by atoms with Gasteiger partial charge >= 0.3 is 5.97 Å². The minimum Gasteiger partial charge on any atom is -0.478 e. The summed E-state index contributed by atoms with van der Waals surface area (Å²) in [5, 5.41) is 8.86. The van der Waals surface area contributed by atoms with Crippen LogP contribution in [0.4, 0.5) is 0 Å². The first-order valence-electron chi connectivity index (χ1n) is 6.48. The molecule has 0 atom stereocenters. The molecule has 8 heteroatoms. The van der Waals surface area contributed by atoms with Crippen LogP contribution in [0, 0.1) is 0 Å². The number of benzene rings is 1. The topological polar surface area (TPSA) is 106 Å². The van der Waals surface area contributed by atoms with E-state index in [4.69, 9.17) is 14.4 Å². The molecule has 22 heavy (non-hydrogen) atoms. The Morgan fingerprint density at radius 2 is 2.09 bits per heavy atom. The fourth-order valence-corrected chi connectivity index (χ4v) is 2.61. The number of rotatable bonds is 8. The molecular weight excluding hydrogens is 310 g/mol. The highest BCUT2D eigenvalue weighted by atomic mass is 32.2. The summed E-state index contributed by atoms with van der Waals surface area (Å²) in [7, 11) is -3.91. The fraction of sp³-hybridized carbons (Fsp3) is 0.214. The maximum Gasteiger partial charge on any atom is 0.335 e. The first-order valence-corrected chi connectivity index (χ1v) is 7.97. The number of aromatic carboxylic acids is 1. The first-order chi connectivity index (χ1) is 10.5. The molecule has 0 spiro atoms. The lowest BCUT2D eigenvalue weighted by atomic mass is 10.2. The van der Waals surface area contributed by atoms with Crippen molar-refractivity contribution in [2.45, 2.75) is 17.7 Å². The Labute approximate surface area is 127 Å². The molecule has 0 bridgehead atoms. The van der Waals surface area contributed by atoms with Gasteiger partial charge in [-0.1, -0.05) is 11.0 Å². The van der Waals surface area contributed by atoms with Gasteiger partial charge in [-0.05, 0) is 36.8 Å². The zero-order valence-corrected chi connectivity index (χ0v) is 12.4. The van der Waals surface area contributed by atoms with Crippen LogP contribution in [0.5, 0.6) is 0 Å². The number of carbonyl (C=O) groups is 1. The molecule has 2 rings (SSSR count). The second-order valence-electron chi connectivity index (χ2n) is 4.45. The van der Waals surface area contributed by atoms with Gasteiger partial charge in [0.05, 0.1) is 23.3 Å². The standard InChI is InChI=1S/C14H15NO6S/c16-14(17)11-4-1-7-13(10-11)22(18,19)15-21-9-3-6-12-5-2-8-20-12/h1-2,4-5,7-8,10,15H,3,6,9H2,(H,16,17). The van der Waals surface area contributed by atoms with E-state index >= 15 is 0 Å². The first kappa shape index (κ1) is 16.2. The van der Waals surface area contributed by atoms with Crippen molar-refractivity contribution in [2.24, 2.45) is 0 Å². The van der Waals surface area contributed by atoms with Crippen LogP contribution in [0.15, 0.2) is 52.0 Å². The van der Waals surface area contributed by atoms with E-state index in [1.807, 2.05) is 11.0 Å². The summed E-state index contributed by atoms with van der Waals surface area (Å²) in [5.74, 6) is -0.406. The molecule has 0 aliphatic rings. The maximum atomic E-state index is 12.0. The maximum absolute atomic E-state index is 12.0. The van der Waals surface area contributed by atoms with Crippen LogP contribution in [0.3, 0.4) is 0 Å². The Morgan fingerprint density at radius 1 is 1.27 bits per heavy atom. The van der Waals surface area contributed by atoms with E-state index in [9.17, 15) is 13.2 Å². The van der Waals surface area contributed by atoms with E-state index < -0.39 is 16.0 Å². The molecule has 0 saturated heterocycles. The molecule has 0 radical (unpaired) electrons. The van der Waals surface area contributed by atoms with Gasteiger partial charge in [0.2, 0.25) is 0 Å². The molecule has 0 saturated carbocycles. The highest BCUT2D eigenvalue weighted by Gasteiger charge is 2.16. The van der Waals surface area contributed by atoms with Gasteiger partial charge in [0.1, 0.15) is 5.76 Å². The van der Waals surface area contributed by atoms with Crippen LogP contribution in [-0.2, 0) is 21.3 Å². The number of carboxylic acids is 1. The van der Waals surface area contributed by atoms with Gasteiger partial charge in [0.15, 0.2) is 0 Å². The normalized spacial score (nSPS) is 11.5. The van der Waals surface area contributed by atoms with Crippen molar-refractivity contribution in [3.63, 3.8) is 0 Å². The van der Waals surface area contributed by atoms with Crippen molar-refractivity contribution in [3.8, 4) is 0 Å². The molecule has 1 aromatic heterocycles. The predicted octanol–water partition coefficient (Wildman–Crippen LogP) is 1.82. The Morgan fingerprint density at radius 3 is 2.77 bits per heavy atom. The smallest absolute Gasteiger partial charge is 0.335 e. The summed E-state index contributed by atoms with van der Waals surface area (Å²) in [6.45, 7) is 0.165. The zero-order chi connectivity index (χ0) is 16.0. The Kier molecular flexibility index (Phi) is 5.31. The van der Waals surface area contributed by atoms with Crippen LogP contribution in [0.2, 0.25) is 0 Å². The van der Waals surface area contributed by atoms with Crippen molar-refractivity contribution in [3.05, 3.63) is 54.0 Å². The second-order valence-corrected chi connectivity index (χ2v) is 6.10. The highest BCUT2D eigenvalue weighted by molar-refractivity contribution is 7.89. The average Bonchev–Trinajstić information content (AvgIpc) is 3.00. The van der Waals surface area contributed by atoms with Crippen LogP contribution in [-0.4, -0.2) is 26.1 Å². The van der Waals surface area contributed by atoms with E-state index in [-0.39, 0.29) is 17.1 Å². The van der Waals surface area contributed by atoms with Crippen LogP contribution in [0.1, 0.15) is 22.5 Å². The minimum atomic E-state index is -3.91. The lowest BCUT2D eigenvalue weighted by molar-refractivity contribution is 0.0696. The Hall–Kier alpha value is -2.16. The molecule has 0 fully saturated rings. The van der Waals surface area contributed by atoms with Gasteiger partial charge in [-0.25, -0.2) is 13.2 Å². The summed E-state index contributed by atoms with van der Waals surface area (Å²) < 4.78 is 29.0. The molecular formula is C14H15NO6S. The van der Waals surface area contributed by atoms with E-state index in [0.29, 0.717) is 12.8 Å². The van der Waals surface area contributed by atoms with Crippen molar-refractivity contribution in [1.29, 1.82) is 0 Å². The molecule has 7 nitrogen and oxygen atoms in total. The third-order valence-corrected chi connectivity index (χ3v) is 4.02. The van der Waals surface area contributed by atoms with Gasteiger partial charge in [-0.3, -0.25) is 4.84 Å². The molecule has 2 N–H and O–H groups in total. The van der Waals surface area contributed by atoms with Crippen molar-refractivity contribution < 1.29 is 27.6 Å². The SMILES string of the molecule is O=C(O)c1cccc(S(=O)(=O)NOCCCc2ccco2)c1. The lowest BCUT2D eigenvalue weighted by Gasteiger charge is -2.07. The lowest BCUT2D eigenvalue weighted by Crippen LogP contribution is -2.25. The van der Waals surface area contributed by atoms with E-state index in [0.717, 1.165) is 11.8 Å². The largest absolute Gasteiger partial charge is 0.478 e. The quantitative estimate of drug-likeness (QED) is 0.566. The number of carboxylic acid groups (broad SMARTS) is 1. The van der Waals surface area contributed by atoms with Crippen LogP contribution < -0.4 is 4.89 Å². The van der Waals surface area contributed by atoms with Crippen molar-refractivity contribution >= 4 is 16.0 Å². The van der Waals surface area contributed by atoms with Crippen LogP contribution >= 0.6 is 0 Å². The average molecular weight is 325 g/mol.